The largest absolute Gasteiger partial charge is 0.368 e. The van der Waals surface area contributed by atoms with Crippen LogP contribution in [0, 0.1) is 5.92 Å². The van der Waals surface area contributed by atoms with E-state index >= 15 is 0 Å². The van der Waals surface area contributed by atoms with Gasteiger partial charge in [-0.15, -0.1) is 0 Å². The Morgan fingerprint density at radius 1 is 1.29 bits per heavy atom. The highest BCUT2D eigenvalue weighted by Crippen LogP contribution is 2.15. The van der Waals surface area contributed by atoms with Gasteiger partial charge in [-0.05, 0) is 18.8 Å². The molecule has 3 N–H and O–H groups in total. The fourth-order valence-corrected chi connectivity index (χ4v) is 1.88. The van der Waals surface area contributed by atoms with Gasteiger partial charge in [0.2, 0.25) is 11.9 Å². The van der Waals surface area contributed by atoms with Gasteiger partial charge in [-0.25, -0.2) is 0 Å². The minimum Gasteiger partial charge on any atom is -0.368 e. The summed E-state index contributed by atoms with van der Waals surface area (Å²) in [6, 6.07) is 0.392. The summed E-state index contributed by atoms with van der Waals surface area (Å²) in [5, 5.41) is 3.29. The molecule has 0 amide bonds. The lowest BCUT2D eigenvalue weighted by atomic mass is 10.1. The molecule has 5 heteroatoms. The van der Waals surface area contributed by atoms with Gasteiger partial charge in [0.25, 0.3) is 0 Å². The monoisotopic (exact) mass is 233 g/mol. The molecule has 1 heterocycles. The molecule has 0 saturated heterocycles. The smallest absolute Gasteiger partial charge is 0.227 e. The number of rotatable bonds is 4. The van der Waals surface area contributed by atoms with E-state index in [1.807, 2.05) is 0 Å². The summed E-state index contributed by atoms with van der Waals surface area (Å²) in [5.74, 6) is 2.17. The Balaban J connectivity index is 2.07. The first kappa shape index (κ1) is 11.8. The van der Waals surface area contributed by atoms with E-state index < -0.39 is 0 Å². The summed E-state index contributed by atoms with van der Waals surface area (Å²) in [5.41, 5.74) is 5.69. The van der Waals surface area contributed by atoms with E-state index in [4.69, 9.17) is 5.73 Å². The maximum absolute atomic E-state index is 5.69. The summed E-state index contributed by atoms with van der Waals surface area (Å²) >= 11 is 0. The van der Waals surface area contributed by atoms with Crippen molar-refractivity contribution < 1.29 is 0 Å². The first-order chi connectivity index (χ1) is 8.13. The van der Waals surface area contributed by atoms with Crippen molar-refractivity contribution in [1.82, 2.24) is 15.0 Å². The van der Waals surface area contributed by atoms with Crippen LogP contribution in [0.2, 0.25) is 0 Å². The second-order valence-electron chi connectivity index (χ2n) is 4.82. The molecule has 0 fully saturated rings. The van der Waals surface area contributed by atoms with Crippen molar-refractivity contribution in [2.75, 3.05) is 11.1 Å². The van der Waals surface area contributed by atoms with Crippen molar-refractivity contribution in [3.63, 3.8) is 0 Å². The Morgan fingerprint density at radius 3 is 2.65 bits per heavy atom. The Hall–Kier alpha value is -1.65. The summed E-state index contributed by atoms with van der Waals surface area (Å²) < 4.78 is 0. The zero-order valence-electron chi connectivity index (χ0n) is 10.3. The predicted molar refractivity (Wildman–Crippen MR) is 68.6 cm³/mol. The van der Waals surface area contributed by atoms with Gasteiger partial charge in [0.1, 0.15) is 5.82 Å². The highest BCUT2D eigenvalue weighted by Gasteiger charge is 2.13. The minimum atomic E-state index is 0.295. The Bertz CT molecular complexity index is 405. The minimum absolute atomic E-state index is 0.295. The molecular weight excluding hydrogens is 214 g/mol. The van der Waals surface area contributed by atoms with E-state index in [1.54, 1.807) is 0 Å². The summed E-state index contributed by atoms with van der Waals surface area (Å²) in [7, 11) is 0. The van der Waals surface area contributed by atoms with E-state index in [-0.39, 0.29) is 0 Å². The maximum Gasteiger partial charge on any atom is 0.227 e. The first-order valence-electron chi connectivity index (χ1n) is 6.05. The van der Waals surface area contributed by atoms with Gasteiger partial charge in [-0.3, -0.25) is 0 Å². The molecule has 0 unspecified atom stereocenters. The molecule has 2 rings (SSSR count). The van der Waals surface area contributed by atoms with Crippen LogP contribution in [-0.2, 0) is 6.42 Å². The van der Waals surface area contributed by atoms with Crippen LogP contribution < -0.4 is 11.1 Å². The highest BCUT2D eigenvalue weighted by atomic mass is 15.2. The fraction of sp³-hybridized carbons (Fsp3) is 0.583. The molecule has 0 atom stereocenters. The number of anilines is 2. The van der Waals surface area contributed by atoms with Crippen LogP contribution in [0.1, 0.15) is 32.5 Å². The number of nitrogens with one attached hydrogen (secondary N) is 1. The van der Waals surface area contributed by atoms with Crippen molar-refractivity contribution in [3.05, 3.63) is 18.0 Å². The molecule has 92 valence electrons. The Morgan fingerprint density at radius 2 is 2.00 bits per heavy atom. The van der Waals surface area contributed by atoms with Gasteiger partial charge in [0, 0.05) is 12.5 Å². The number of hydrogen-bond donors (Lipinski definition) is 2. The van der Waals surface area contributed by atoms with Crippen LogP contribution >= 0.6 is 0 Å². The average molecular weight is 233 g/mol. The molecule has 0 aliphatic heterocycles. The number of aromatic nitrogens is 3. The molecule has 17 heavy (non-hydrogen) atoms. The maximum atomic E-state index is 5.69. The van der Waals surface area contributed by atoms with Crippen LogP contribution in [0.4, 0.5) is 11.9 Å². The molecule has 0 bridgehead atoms. The number of nitrogens with two attached hydrogens (primary N) is 1. The summed E-state index contributed by atoms with van der Waals surface area (Å²) in [6.45, 7) is 4.27. The van der Waals surface area contributed by atoms with Gasteiger partial charge < -0.3 is 11.1 Å². The zero-order valence-corrected chi connectivity index (χ0v) is 10.3. The predicted octanol–water partition coefficient (Wildman–Crippen LogP) is 1.78. The molecule has 1 aromatic rings. The topological polar surface area (TPSA) is 76.7 Å². The molecule has 1 aromatic heterocycles. The average Bonchev–Trinajstić information content (AvgIpc) is 2.67. The van der Waals surface area contributed by atoms with Crippen LogP contribution in [0.5, 0.6) is 0 Å². The van der Waals surface area contributed by atoms with Gasteiger partial charge in [-0.2, -0.15) is 15.0 Å². The summed E-state index contributed by atoms with van der Waals surface area (Å²) in [6.07, 6.45) is 7.19. The Kier molecular flexibility index (Phi) is 3.56. The highest BCUT2D eigenvalue weighted by molar-refractivity contribution is 5.33. The summed E-state index contributed by atoms with van der Waals surface area (Å²) in [4.78, 5) is 12.7. The lowest BCUT2D eigenvalue weighted by Crippen LogP contribution is -2.19. The van der Waals surface area contributed by atoms with E-state index in [1.165, 1.54) is 0 Å². The van der Waals surface area contributed by atoms with Crippen molar-refractivity contribution in [2.45, 2.75) is 39.2 Å². The van der Waals surface area contributed by atoms with Gasteiger partial charge in [0.15, 0.2) is 0 Å². The number of nitrogen functional groups attached to an aromatic ring is 1. The molecule has 0 saturated carbocycles. The van der Waals surface area contributed by atoms with Crippen LogP contribution in [0.3, 0.4) is 0 Å². The van der Waals surface area contributed by atoms with Gasteiger partial charge in [0.05, 0.1) is 0 Å². The molecule has 0 radical (unpaired) electrons. The van der Waals surface area contributed by atoms with Crippen LogP contribution in [0.25, 0.3) is 0 Å². The first-order valence-corrected chi connectivity index (χ1v) is 6.05. The molecule has 0 spiro atoms. The molecule has 1 aliphatic carbocycles. The second-order valence-corrected chi connectivity index (χ2v) is 4.82. The molecule has 1 aliphatic rings. The van der Waals surface area contributed by atoms with Crippen molar-refractivity contribution >= 4 is 11.9 Å². The lowest BCUT2D eigenvalue weighted by Gasteiger charge is -2.13. The van der Waals surface area contributed by atoms with Crippen molar-refractivity contribution in [1.29, 1.82) is 0 Å². The van der Waals surface area contributed by atoms with E-state index in [2.05, 4.69) is 46.3 Å². The standard InChI is InChI=1S/C12H19N5/c1-8(2)7-10-15-11(13)17-12(16-10)14-9-5-3-4-6-9/h3-4,8-9H,5-7H2,1-2H3,(H3,13,14,15,16,17). The fourth-order valence-electron chi connectivity index (χ4n) is 1.88. The van der Waals surface area contributed by atoms with Gasteiger partial charge >= 0.3 is 0 Å². The molecule has 0 aromatic carbocycles. The van der Waals surface area contributed by atoms with Crippen LogP contribution in [0.15, 0.2) is 12.2 Å². The third-order valence-corrected chi connectivity index (χ3v) is 2.63. The lowest BCUT2D eigenvalue weighted by molar-refractivity contribution is 0.618. The molecule has 5 nitrogen and oxygen atoms in total. The van der Waals surface area contributed by atoms with Crippen molar-refractivity contribution in [3.8, 4) is 0 Å². The third-order valence-electron chi connectivity index (χ3n) is 2.63. The number of nitrogens with zero attached hydrogens (tertiary/aromatic N) is 3. The van der Waals surface area contributed by atoms with E-state index in [0.29, 0.717) is 23.9 Å². The third kappa shape index (κ3) is 3.41. The normalized spacial score (nSPS) is 15.7. The second kappa shape index (κ2) is 5.12. The van der Waals surface area contributed by atoms with E-state index in [9.17, 15) is 0 Å². The van der Waals surface area contributed by atoms with Gasteiger partial charge in [-0.1, -0.05) is 26.0 Å². The quantitative estimate of drug-likeness (QED) is 0.775. The Labute approximate surface area is 102 Å². The number of hydrogen-bond acceptors (Lipinski definition) is 5. The molecular formula is C12H19N5. The zero-order chi connectivity index (χ0) is 12.3. The van der Waals surface area contributed by atoms with Crippen LogP contribution in [-0.4, -0.2) is 21.0 Å². The van der Waals surface area contributed by atoms with E-state index in [0.717, 1.165) is 25.1 Å². The van der Waals surface area contributed by atoms with Crippen molar-refractivity contribution in [2.24, 2.45) is 5.92 Å². The SMILES string of the molecule is CC(C)Cc1nc(N)nc(NC2CC=CC2)n1.